The Labute approximate surface area is 354 Å². The van der Waals surface area contributed by atoms with Gasteiger partial charge >= 0.3 is 0 Å². The fraction of sp³-hybridized carbons (Fsp3) is 0.902. The Morgan fingerprint density at radius 2 is 0.737 bits per heavy atom. The molecule has 0 aliphatic carbocycles. The lowest BCUT2D eigenvalue weighted by Crippen LogP contribution is -2.53. The van der Waals surface area contributed by atoms with Gasteiger partial charge in [-0.05, 0) is 44.9 Å². The Morgan fingerprint density at radius 3 is 1.09 bits per heavy atom. The molecule has 0 aromatic rings. The minimum Gasteiger partial charge on any atom is -0.394 e. The van der Waals surface area contributed by atoms with Gasteiger partial charge in [-0.25, -0.2) is 0 Å². The van der Waals surface area contributed by atoms with E-state index in [4.69, 9.17) is 0 Å². The number of amides is 1. The Kier molecular flexibility index (Phi) is 44.9. The van der Waals surface area contributed by atoms with Gasteiger partial charge < -0.3 is 25.7 Å². The third-order valence-corrected chi connectivity index (χ3v) is 11.9. The molecule has 0 spiro atoms. The van der Waals surface area contributed by atoms with E-state index in [0.29, 0.717) is 19.3 Å². The molecule has 6 nitrogen and oxygen atoms in total. The van der Waals surface area contributed by atoms with Crippen molar-refractivity contribution in [1.82, 2.24) is 5.32 Å². The van der Waals surface area contributed by atoms with Crippen molar-refractivity contribution in [1.29, 1.82) is 0 Å². The van der Waals surface area contributed by atoms with Crippen LogP contribution >= 0.6 is 0 Å². The molecule has 0 aliphatic rings. The molecule has 1 amide bonds. The predicted octanol–water partition coefficient (Wildman–Crippen LogP) is 13.9. The van der Waals surface area contributed by atoms with Crippen LogP contribution in [0.25, 0.3) is 0 Å². The van der Waals surface area contributed by atoms with Crippen molar-refractivity contribution >= 4 is 5.91 Å². The first kappa shape index (κ1) is 55.8. The summed E-state index contributed by atoms with van der Waals surface area (Å²) in [4.78, 5) is 12.5. The molecule has 0 fully saturated rings. The summed E-state index contributed by atoms with van der Waals surface area (Å²) in [6.45, 7) is 4.00. The maximum atomic E-state index is 12.5. The normalized spacial score (nSPS) is 14.1. The minimum absolute atomic E-state index is 0.364. The zero-order valence-electron chi connectivity index (χ0n) is 38.1. The summed E-state index contributed by atoms with van der Waals surface area (Å²) in [6, 6.07) is -1.00. The molecule has 0 saturated heterocycles. The van der Waals surface area contributed by atoms with Crippen LogP contribution in [0.3, 0.4) is 0 Å². The highest BCUT2D eigenvalue weighted by molar-refractivity contribution is 5.80. The summed E-state index contributed by atoms with van der Waals surface area (Å²) in [5.41, 5.74) is 0. The summed E-state index contributed by atoms with van der Waals surface area (Å²) < 4.78 is 0. The van der Waals surface area contributed by atoms with E-state index in [0.717, 1.165) is 44.9 Å². The Morgan fingerprint density at radius 1 is 0.421 bits per heavy atom. The van der Waals surface area contributed by atoms with E-state index in [1.807, 2.05) is 0 Å². The third kappa shape index (κ3) is 40.0. The van der Waals surface area contributed by atoms with Crippen molar-refractivity contribution in [2.24, 2.45) is 0 Å². The molecule has 0 heterocycles. The van der Waals surface area contributed by atoms with Crippen LogP contribution in [0, 0.1) is 0 Å². The van der Waals surface area contributed by atoms with Crippen LogP contribution in [0.4, 0.5) is 0 Å². The third-order valence-electron chi connectivity index (χ3n) is 11.9. The molecule has 0 radical (unpaired) electrons. The van der Waals surface area contributed by atoms with Crippen LogP contribution < -0.4 is 5.32 Å². The van der Waals surface area contributed by atoms with Crippen molar-refractivity contribution in [3.05, 3.63) is 24.3 Å². The zero-order valence-corrected chi connectivity index (χ0v) is 38.1. The Hall–Kier alpha value is -1.21. The van der Waals surface area contributed by atoms with Crippen molar-refractivity contribution in [2.45, 2.75) is 289 Å². The first-order valence-electron chi connectivity index (χ1n) is 25.2. The van der Waals surface area contributed by atoms with Gasteiger partial charge in [-0.1, -0.05) is 244 Å². The fourth-order valence-electron chi connectivity index (χ4n) is 7.88. The predicted molar refractivity (Wildman–Crippen MR) is 247 cm³/mol. The second kappa shape index (κ2) is 45.9. The van der Waals surface area contributed by atoms with Crippen LogP contribution in [0.5, 0.6) is 0 Å². The maximum Gasteiger partial charge on any atom is 0.249 e. The number of unbranched alkanes of at least 4 members (excludes halogenated alkanes) is 33. The maximum absolute atomic E-state index is 12.5. The average molecular weight is 806 g/mol. The molecule has 0 aromatic heterocycles. The summed E-state index contributed by atoms with van der Waals surface area (Å²) in [6.07, 6.45) is 54.0. The molecule has 6 heteroatoms. The number of allylic oxidation sites excluding steroid dienone is 4. The van der Waals surface area contributed by atoms with E-state index < -0.39 is 36.9 Å². The first-order chi connectivity index (χ1) is 28.0. The fourth-order valence-corrected chi connectivity index (χ4v) is 7.88. The largest absolute Gasteiger partial charge is 0.394 e. The lowest BCUT2D eigenvalue weighted by molar-refractivity contribution is -0.132. The highest BCUT2D eigenvalue weighted by atomic mass is 16.3. The quantitative estimate of drug-likeness (QED) is 0.0311. The highest BCUT2D eigenvalue weighted by Gasteiger charge is 2.28. The number of carbonyl (C=O) groups excluding carboxylic acids is 1. The van der Waals surface area contributed by atoms with Crippen LogP contribution in [0.2, 0.25) is 0 Å². The summed E-state index contributed by atoms with van der Waals surface area (Å²) in [7, 11) is 0. The number of aliphatic hydroxyl groups excluding tert-OH is 4. The van der Waals surface area contributed by atoms with Gasteiger partial charge in [-0.2, -0.15) is 0 Å². The molecule has 0 rings (SSSR count). The van der Waals surface area contributed by atoms with Crippen molar-refractivity contribution < 1.29 is 25.2 Å². The Balaban J connectivity index is 3.56. The van der Waals surface area contributed by atoms with Gasteiger partial charge in [-0.15, -0.1) is 0 Å². The summed E-state index contributed by atoms with van der Waals surface area (Å²) in [5, 5.41) is 43.6. The molecule has 0 aromatic carbocycles. The van der Waals surface area contributed by atoms with Crippen LogP contribution in [0.15, 0.2) is 24.3 Å². The van der Waals surface area contributed by atoms with Crippen molar-refractivity contribution in [3.8, 4) is 0 Å². The second-order valence-corrected chi connectivity index (χ2v) is 17.5. The molecule has 0 saturated carbocycles. The Bertz CT molecular complexity index is 863. The number of carbonyl (C=O) groups is 1. The van der Waals surface area contributed by atoms with Crippen LogP contribution in [0.1, 0.15) is 264 Å². The van der Waals surface area contributed by atoms with Gasteiger partial charge in [0.25, 0.3) is 0 Å². The standard InChI is InChI=1S/C51H99NO5/c1-3-5-7-9-11-13-15-16-17-18-19-20-21-22-23-24-25-26-27-28-29-30-31-32-33-35-37-39-41-43-45-49(55)51(57)52-47(46-53)50(56)48(54)44-42-40-38-36-34-14-12-10-8-6-4-2/h10,12,36,38,47-50,53-56H,3-9,11,13-35,37,39-46H2,1-2H3,(H,52,57)/b12-10+,38-36+. The summed E-state index contributed by atoms with van der Waals surface area (Å²) >= 11 is 0. The van der Waals surface area contributed by atoms with Crippen molar-refractivity contribution in [2.75, 3.05) is 6.61 Å². The topological polar surface area (TPSA) is 110 Å². The monoisotopic (exact) mass is 806 g/mol. The second-order valence-electron chi connectivity index (χ2n) is 17.5. The smallest absolute Gasteiger partial charge is 0.249 e. The van der Waals surface area contributed by atoms with Gasteiger partial charge in [0.15, 0.2) is 0 Å². The van der Waals surface area contributed by atoms with E-state index in [1.165, 1.54) is 186 Å². The molecule has 4 atom stereocenters. The summed E-state index contributed by atoms with van der Waals surface area (Å²) in [5.74, 6) is -0.595. The van der Waals surface area contributed by atoms with Gasteiger partial charge in [0.05, 0.1) is 18.8 Å². The van der Waals surface area contributed by atoms with Gasteiger partial charge in [0, 0.05) is 0 Å². The first-order valence-corrected chi connectivity index (χ1v) is 25.2. The van der Waals surface area contributed by atoms with Gasteiger partial charge in [-0.3, -0.25) is 4.79 Å². The molecule has 4 unspecified atom stereocenters. The molecular weight excluding hydrogens is 707 g/mol. The van der Waals surface area contributed by atoms with Gasteiger partial charge in [0.2, 0.25) is 5.91 Å². The number of nitrogens with one attached hydrogen (secondary N) is 1. The molecule has 0 aliphatic heterocycles. The molecule has 5 N–H and O–H groups in total. The zero-order chi connectivity index (χ0) is 41.7. The molecule has 338 valence electrons. The SMILES string of the molecule is CCCC/C=C/CC/C=C/CCCC(O)C(O)C(CO)NC(=O)C(O)CCCCCCCCCCCCCCCCCCCCCCCCCCCCCCCC. The average Bonchev–Trinajstić information content (AvgIpc) is 3.22. The molecular formula is C51H99NO5. The molecule has 0 bridgehead atoms. The van der Waals surface area contributed by atoms with Crippen LogP contribution in [-0.2, 0) is 4.79 Å². The van der Waals surface area contributed by atoms with E-state index in [9.17, 15) is 25.2 Å². The van der Waals surface area contributed by atoms with Crippen LogP contribution in [-0.4, -0.2) is 57.3 Å². The molecule has 57 heavy (non-hydrogen) atoms. The number of hydrogen-bond acceptors (Lipinski definition) is 5. The number of rotatable bonds is 46. The van der Waals surface area contributed by atoms with E-state index >= 15 is 0 Å². The van der Waals surface area contributed by atoms with E-state index in [2.05, 4.69) is 43.5 Å². The lowest BCUT2D eigenvalue weighted by atomic mass is 10.00. The van der Waals surface area contributed by atoms with Crippen molar-refractivity contribution in [3.63, 3.8) is 0 Å². The van der Waals surface area contributed by atoms with E-state index in [1.54, 1.807) is 0 Å². The minimum atomic E-state index is -1.29. The van der Waals surface area contributed by atoms with E-state index in [-0.39, 0.29) is 0 Å². The number of aliphatic hydroxyl groups is 4. The lowest BCUT2D eigenvalue weighted by Gasteiger charge is -2.27. The number of hydrogen-bond donors (Lipinski definition) is 5. The van der Waals surface area contributed by atoms with Gasteiger partial charge in [0.1, 0.15) is 12.2 Å². The highest BCUT2D eigenvalue weighted by Crippen LogP contribution is 2.17.